The number of nitrogens with one attached hydrogen (secondary N) is 1. The Morgan fingerprint density at radius 3 is 3.14 bits per heavy atom. The molecule has 0 atom stereocenters. The Kier molecular flexibility index (Phi) is 1.77. The van der Waals surface area contributed by atoms with Crippen LogP contribution in [0.25, 0.3) is 10.1 Å². The van der Waals surface area contributed by atoms with Gasteiger partial charge in [-0.15, -0.1) is 11.3 Å². The minimum Gasteiger partial charge on any atom is -0.385 e. The van der Waals surface area contributed by atoms with Crippen LogP contribution in [-0.4, -0.2) is 6.54 Å². The molecule has 1 aromatic carbocycles. The van der Waals surface area contributed by atoms with Crippen molar-refractivity contribution in [1.82, 2.24) is 0 Å². The maximum absolute atomic E-state index is 3.47. The molecule has 0 saturated carbocycles. The lowest BCUT2D eigenvalue weighted by Crippen LogP contribution is -2.11. The molecule has 0 fully saturated rings. The summed E-state index contributed by atoms with van der Waals surface area (Å²) in [5.41, 5.74) is 2.84. The first-order valence-corrected chi connectivity index (χ1v) is 5.91. The highest BCUT2D eigenvalue weighted by Gasteiger charge is 2.10. The zero-order valence-electron chi connectivity index (χ0n) is 8.26. The molecule has 0 saturated heterocycles. The summed E-state index contributed by atoms with van der Waals surface area (Å²) in [4.78, 5) is 1.40. The molecule has 0 aliphatic carbocycles. The summed E-state index contributed by atoms with van der Waals surface area (Å²) in [5, 5.41) is 4.86. The Labute approximate surface area is 87.8 Å². The van der Waals surface area contributed by atoms with E-state index in [0.717, 1.165) is 6.54 Å². The molecule has 0 bridgehead atoms. The summed E-state index contributed by atoms with van der Waals surface area (Å²) >= 11 is 1.90. The molecule has 1 aromatic heterocycles. The first-order chi connectivity index (χ1) is 6.83. The number of anilines is 1. The van der Waals surface area contributed by atoms with Crippen molar-refractivity contribution in [3.05, 3.63) is 28.6 Å². The van der Waals surface area contributed by atoms with Gasteiger partial charge in [-0.3, -0.25) is 0 Å². The maximum Gasteiger partial charge on any atom is 0.0379 e. The Balaban J connectivity index is 2.26. The third kappa shape index (κ3) is 1.22. The Morgan fingerprint density at radius 2 is 2.21 bits per heavy atom. The number of thiophene rings is 1. The second-order valence-corrected chi connectivity index (χ2v) is 5.22. The van der Waals surface area contributed by atoms with Gasteiger partial charge in [-0.05, 0) is 48.9 Å². The van der Waals surface area contributed by atoms with Crippen molar-refractivity contribution in [3.8, 4) is 0 Å². The molecule has 2 heteroatoms. The number of aryl methyl sites for hydroxylation is 2. The first kappa shape index (κ1) is 8.30. The normalized spacial score (nSPS) is 15.2. The Morgan fingerprint density at radius 1 is 1.29 bits per heavy atom. The molecule has 2 aromatic rings. The predicted octanol–water partition coefficient (Wildman–Crippen LogP) is 3.57. The summed E-state index contributed by atoms with van der Waals surface area (Å²) in [6.07, 6.45) is 2.50. The van der Waals surface area contributed by atoms with Crippen molar-refractivity contribution >= 4 is 27.1 Å². The average molecular weight is 203 g/mol. The van der Waals surface area contributed by atoms with E-state index in [1.807, 2.05) is 11.3 Å². The number of fused-ring (bicyclic) bond motifs is 2. The molecule has 72 valence electrons. The molecule has 0 amide bonds. The van der Waals surface area contributed by atoms with E-state index in [0.29, 0.717) is 0 Å². The Hall–Kier alpha value is -1.02. The highest BCUT2D eigenvalue weighted by atomic mass is 32.1. The van der Waals surface area contributed by atoms with Crippen LogP contribution in [0.4, 0.5) is 5.69 Å². The van der Waals surface area contributed by atoms with Crippen LogP contribution < -0.4 is 5.32 Å². The molecule has 3 rings (SSSR count). The van der Waals surface area contributed by atoms with Crippen molar-refractivity contribution in [2.24, 2.45) is 0 Å². The molecular formula is C12H13NS. The van der Waals surface area contributed by atoms with Gasteiger partial charge in [-0.1, -0.05) is 0 Å². The van der Waals surface area contributed by atoms with E-state index >= 15 is 0 Å². The molecule has 1 nitrogen and oxygen atoms in total. The van der Waals surface area contributed by atoms with Gasteiger partial charge in [-0.2, -0.15) is 0 Å². The van der Waals surface area contributed by atoms with E-state index in [1.54, 1.807) is 0 Å². The summed E-state index contributed by atoms with van der Waals surface area (Å²) in [6, 6.07) is 6.93. The van der Waals surface area contributed by atoms with Crippen molar-refractivity contribution in [1.29, 1.82) is 0 Å². The van der Waals surface area contributed by atoms with Gasteiger partial charge in [0.05, 0.1) is 0 Å². The topological polar surface area (TPSA) is 12.0 Å². The zero-order valence-corrected chi connectivity index (χ0v) is 9.08. The summed E-state index contributed by atoms with van der Waals surface area (Å²) < 4.78 is 1.44. The summed E-state index contributed by atoms with van der Waals surface area (Å²) in [5.74, 6) is 0. The summed E-state index contributed by atoms with van der Waals surface area (Å²) in [7, 11) is 0. The SMILES string of the molecule is Cc1cc2cc3c(cc2s1)CCCN3. The second-order valence-electron chi connectivity index (χ2n) is 3.93. The summed E-state index contributed by atoms with van der Waals surface area (Å²) in [6.45, 7) is 3.30. The average Bonchev–Trinajstić information content (AvgIpc) is 2.53. The van der Waals surface area contributed by atoms with Gasteiger partial charge >= 0.3 is 0 Å². The van der Waals surface area contributed by atoms with Gasteiger partial charge in [0.1, 0.15) is 0 Å². The molecular weight excluding hydrogens is 190 g/mol. The molecule has 1 aliphatic rings. The lowest BCUT2D eigenvalue weighted by Gasteiger charge is -2.17. The second kappa shape index (κ2) is 2.99. The van der Waals surface area contributed by atoms with Crippen LogP contribution in [0.1, 0.15) is 16.9 Å². The van der Waals surface area contributed by atoms with Crippen molar-refractivity contribution in [3.63, 3.8) is 0 Å². The lowest BCUT2D eigenvalue weighted by atomic mass is 10.0. The van der Waals surface area contributed by atoms with Crippen LogP contribution >= 0.6 is 11.3 Å². The van der Waals surface area contributed by atoms with E-state index in [2.05, 4.69) is 30.4 Å². The molecule has 0 spiro atoms. The van der Waals surface area contributed by atoms with E-state index in [-0.39, 0.29) is 0 Å². The quantitative estimate of drug-likeness (QED) is 0.690. The number of hydrogen-bond donors (Lipinski definition) is 1. The van der Waals surface area contributed by atoms with Crippen molar-refractivity contribution < 1.29 is 0 Å². The standard InChI is InChI=1S/C12H13NS/c1-8-5-10-6-11-9(3-2-4-13-11)7-12(10)14-8/h5-7,13H,2-4H2,1H3. The molecule has 0 unspecified atom stereocenters. The van der Waals surface area contributed by atoms with E-state index in [4.69, 9.17) is 0 Å². The van der Waals surface area contributed by atoms with Gasteiger partial charge in [-0.25, -0.2) is 0 Å². The van der Waals surface area contributed by atoms with Gasteiger partial charge in [0.2, 0.25) is 0 Å². The fourth-order valence-electron chi connectivity index (χ4n) is 2.14. The van der Waals surface area contributed by atoms with Crippen molar-refractivity contribution in [2.75, 3.05) is 11.9 Å². The fourth-order valence-corrected chi connectivity index (χ4v) is 3.10. The van der Waals surface area contributed by atoms with Gasteiger partial charge in [0.15, 0.2) is 0 Å². The molecule has 14 heavy (non-hydrogen) atoms. The Bertz CT molecular complexity index is 441. The maximum atomic E-state index is 3.47. The number of benzene rings is 1. The largest absolute Gasteiger partial charge is 0.385 e. The van der Waals surface area contributed by atoms with Gasteiger partial charge in [0.25, 0.3) is 0 Å². The van der Waals surface area contributed by atoms with Crippen LogP contribution in [0.2, 0.25) is 0 Å². The minimum absolute atomic E-state index is 1.13. The van der Waals surface area contributed by atoms with Gasteiger partial charge in [0, 0.05) is 21.8 Å². The lowest BCUT2D eigenvalue weighted by molar-refractivity contribution is 0.832. The smallest absolute Gasteiger partial charge is 0.0379 e. The van der Waals surface area contributed by atoms with Crippen LogP contribution in [0.15, 0.2) is 18.2 Å². The van der Waals surface area contributed by atoms with Crippen molar-refractivity contribution in [2.45, 2.75) is 19.8 Å². The predicted molar refractivity (Wildman–Crippen MR) is 63.4 cm³/mol. The van der Waals surface area contributed by atoms with E-state index in [1.165, 1.54) is 39.1 Å². The minimum atomic E-state index is 1.13. The van der Waals surface area contributed by atoms with E-state index in [9.17, 15) is 0 Å². The third-order valence-electron chi connectivity index (χ3n) is 2.80. The molecule has 0 radical (unpaired) electrons. The van der Waals surface area contributed by atoms with Gasteiger partial charge < -0.3 is 5.32 Å². The van der Waals surface area contributed by atoms with Crippen LogP contribution in [0, 0.1) is 6.92 Å². The highest BCUT2D eigenvalue weighted by Crippen LogP contribution is 2.32. The zero-order chi connectivity index (χ0) is 9.54. The molecule has 1 aliphatic heterocycles. The third-order valence-corrected chi connectivity index (χ3v) is 3.82. The van der Waals surface area contributed by atoms with Crippen LogP contribution in [-0.2, 0) is 6.42 Å². The van der Waals surface area contributed by atoms with Crippen LogP contribution in [0.3, 0.4) is 0 Å². The number of rotatable bonds is 0. The monoisotopic (exact) mass is 203 g/mol. The first-order valence-electron chi connectivity index (χ1n) is 5.10. The highest BCUT2D eigenvalue weighted by molar-refractivity contribution is 7.19. The molecule has 2 heterocycles. The number of hydrogen-bond acceptors (Lipinski definition) is 2. The van der Waals surface area contributed by atoms with Crippen LogP contribution in [0.5, 0.6) is 0 Å². The van der Waals surface area contributed by atoms with E-state index < -0.39 is 0 Å². The fraction of sp³-hybridized carbons (Fsp3) is 0.333. The molecule has 1 N–H and O–H groups in total.